The second-order valence-electron chi connectivity index (χ2n) is 4.65. The number of nitrogens with zero attached hydrogens (tertiary/aromatic N) is 2. The van der Waals surface area contributed by atoms with E-state index in [-0.39, 0.29) is 5.02 Å². The molecule has 0 saturated heterocycles. The number of halogens is 3. The van der Waals surface area contributed by atoms with Crippen molar-refractivity contribution < 1.29 is 4.39 Å². The molecule has 0 fully saturated rings. The molecule has 1 aromatic heterocycles. The molecule has 0 atom stereocenters. The maximum absolute atomic E-state index is 13.4. The second kappa shape index (κ2) is 6.15. The van der Waals surface area contributed by atoms with E-state index >= 15 is 0 Å². The van der Waals surface area contributed by atoms with Gasteiger partial charge in [0.25, 0.3) is 0 Å². The first-order valence-electron chi connectivity index (χ1n) is 6.35. The van der Waals surface area contributed by atoms with Crippen molar-refractivity contribution in [2.75, 3.05) is 0 Å². The average Bonchev–Trinajstić information content (AvgIpc) is 2.92. The molecule has 0 bridgehead atoms. The predicted octanol–water partition coefficient (Wildman–Crippen LogP) is 5.00. The fourth-order valence-electron chi connectivity index (χ4n) is 2.11. The Hall–Kier alpha value is -1.40. The number of benzene rings is 2. The Kier molecular flexibility index (Phi) is 4.26. The van der Waals surface area contributed by atoms with Crippen molar-refractivity contribution in [1.82, 2.24) is 9.78 Å². The number of hydrogen-bond acceptors (Lipinski definition) is 1. The van der Waals surface area contributed by atoms with Crippen molar-refractivity contribution in [3.8, 4) is 11.1 Å². The highest BCUT2D eigenvalue weighted by atomic mass is 127. The summed E-state index contributed by atoms with van der Waals surface area (Å²) < 4.78 is 16.4. The topological polar surface area (TPSA) is 17.8 Å². The lowest BCUT2D eigenvalue weighted by Gasteiger charge is -2.03. The minimum Gasteiger partial charge on any atom is -0.268 e. The summed E-state index contributed by atoms with van der Waals surface area (Å²) in [6.45, 7) is 0.511. The summed E-state index contributed by atoms with van der Waals surface area (Å²) in [5.74, 6) is -0.404. The van der Waals surface area contributed by atoms with E-state index in [1.165, 1.54) is 9.64 Å². The molecule has 2 nitrogen and oxygen atoms in total. The van der Waals surface area contributed by atoms with Crippen molar-refractivity contribution in [3.05, 3.63) is 74.8 Å². The van der Waals surface area contributed by atoms with E-state index in [0.717, 1.165) is 16.7 Å². The average molecular weight is 413 g/mol. The molecule has 0 amide bonds. The van der Waals surface area contributed by atoms with Crippen molar-refractivity contribution in [3.63, 3.8) is 0 Å². The molecular formula is C16H11ClFIN2. The van der Waals surface area contributed by atoms with Crippen LogP contribution in [0.2, 0.25) is 5.02 Å². The van der Waals surface area contributed by atoms with Crippen LogP contribution in [-0.4, -0.2) is 9.78 Å². The van der Waals surface area contributed by atoms with E-state index in [9.17, 15) is 4.39 Å². The first-order valence-corrected chi connectivity index (χ1v) is 7.80. The fraction of sp³-hybridized carbons (Fsp3) is 0.0625. The van der Waals surface area contributed by atoms with Gasteiger partial charge < -0.3 is 0 Å². The zero-order valence-electron chi connectivity index (χ0n) is 10.9. The van der Waals surface area contributed by atoms with Gasteiger partial charge in [0, 0.05) is 15.3 Å². The maximum atomic E-state index is 13.4. The monoisotopic (exact) mass is 412 g/mol. The molecule has 2 aromatic carbocycles. The molecule has 21 heavy (non-hydrogen) atoms. The Morgan fingerprint density at radius 1 is 1.19 bits per heavy atom. The highest BCUT2D eigenvalue weighted by Crippen LogP contribution is 2.24. The highest BCUT2D eigenvalue weighted by molar-refractivity contribution is 14.1. The summed E-state index contributed by atoms with van der Waals surface area (Å²) in [4.78, 5) is 0. The fourth-order valence-corrected chi connectivity index (χ4v) is 2.93. The van der Waals surface area contributed by atoms with E-state index in [1.54, 1.807) is 16.8 Å². The molecule has 0 aliphatic carbocycles. The molecular weight excluding hydrogens is 402 g/mol. The first-order chi connectivity index (χ1) is 10.1. The van der Waals surface area contributed by atoms with E-state index in [0.29, 0.717) is 6.54 Å². The van der Waals surface area contributed by atoms with Gasteiger partial charge in [-0.15, -0.1) is 0 Å². The Balaban J connectivity index is 1.85. The SMILES string of the molecule is Fc1cc(Cn2cc(-c3ccccc3I)cn2)ccc1Cl. The number of rotatable bonds is 3. The van der Waals surface area contributed by atoms with Crippen LogP contribution in [0, 0.1) is 9.39 Å². The molecule has 0 saturated carbocycles. The predicted molar refractivity (Wildman–Crippen MR) is 90.9 cm³/mol. The van der Waals surface area contributed by atoms with Crippen LogP contribution in [0.3, 0.4) is 0 Å². The lowest BCUT2D eigenvalue weighted by atomic mass is 10.1. The minimum atomic E-state index is -0.404. The van der Waals surface area contributed by atoms with Crippen molar-refractivity contribution in [2.24, 2.45) is 0 Å². The largest absolute Gasteiger partial charge is 0.268 e. The number of hydrogen-bond donors (Lipinski definition) is 0. The van der Waals surface area contributed by atoms with Crippen LogP contribution >= 0.6 is 34.2 Å². The summed E-state index contributed by atoms with van der Waals surface area (Å²) >= 11 is 7.99. The molecule has 5 heteroatoms. The normalized spacial score (nSPS) is 10.8. The lowest BCUT2D eigenvalue weighted by molar-refractivity contribution is 0.619. The Morgan fingerprint density at radius 3 is 2.76 bits per heavy atom. The molecule has 0 radical (unpaired) electrons. The standard InChI is InChI=1S/C16H11ClFIN2/c17-14-6-5-11(7-15(14)18)9-21-10-12(8-20-21)13-3-1-2-4-16(13)19/h1-8,10H,9H2. The third kappa shape index (κ3) is 3.27. The van der Waals surface area contributed by atoms with Crippen LogP contribution < -0.4 is 0 Å². The smallest absolute Gasteiger partial charge is 0.142 e. The molecule has 3 rings (SSSR count). The molecule has 0 spiro atoms. The van der Waals surface area contributed by atoms with Crippen LogP contribution in [0.5, 0.6) is 0 Å². The van der Waals surface area contributed by atoms with E-state index in [1.807, 2.05) is 24.5 Å². The van der Waals surface area contributed by atoms with Gasteiger partial charge in [-0.25, -0.2) is 4.39 Å². The van der Waals surface area contributed by atoms with Crippen LogP contribution in [0.4, 0.5) is 4.39 Å². The lowest BCUT2D eigenvalue weighted by Crippen LogP contribution is -2.00. The summed E-state index contributed by atoms with van der Waals surface area (Å²) in [5.41, 5.74) is 3.02. The quantitative estimate of drug-likeness (QED) is 0.554. The second-order valence-corrected chi connectivity index (χ2v) is 6.22. The molecule has 0 unspecified atom stereocenters. The first kappa shape index (κ1) is 14.5. The summed E-state index contributed by atoms with van der Waals surface area (Å²) in [7, 11) is 0. The zero-order valence-corrected chi connectivity index (χ0v) is 13.8. The summed E-state index contributed by atoms with van der Waals surface area (Å²) in [6.07, 6.45) is 3.79. The van der Waals surface area contributed by atoms with Crippen LogP contribution in [0.1, 0.15) is 5.56 Å². The number of aromatic nitrogens is 2. The highest BCUT2D eigenvalue weighted by Gasteiger charge is 2.06. The molecule has 0 aliphatic rings. The molecule has 0 N–H and O–H groups in total. The summed E-state index contributed by atoms with van der Waals surface area (Å²) in [5, 5.41) is 4.48. The Morgan fingerprint density at radius 2 is 2.00 bits per heavy atom. The van der Waals surface area contributed by atoms with Gasteiger partial charge in [0.15, 0.2) is 0 Å². The van der Waals surface area contributed by atoms with E-state index in [4.69, 9.17) is 11.6 Å². The van der Waals surface area contributed by atoms with E-state index < -0.39 is 5.82 Å². The summed E-state index contributed by atoms with van der Waals surface area (Å²) in [6, 6.07) is 12.9. The van der Waals surface area contributed by atoms with Gasteiger partial charge in [0.1, 0.15) is 5.82 Å². The minimum absolute atomic E-state index is 0.138. The molecule has 106 valence electrons. The van der Waals surface area contributed by atoms with E-state index in [2.05, 4.69) is 39.8 Å². The molecule has 1 heterocycles. The van der Waals surface area contributed by atoms with Gasteiger partial charge in [0.05, 0.1) is 17.8 Å². The maximum Gasteiger partial charge on any atom is 0.142 e. The van der Waals surface area contributed by atoms with Gasteiger partial charge in [0.2, 0.25) is 0 Å². The van der Waals surface area contributed by atoms with Crippen LogP contribution in [0.25, 0.3) is 11.1 Å². The molecule has 0 aliphatic heterocycles. The Bertz CT molecular complexity index is 785. The van der Waals surface area contributed by atoms with Gasteiger partial charge in [-0.1, -0.05) is 35.9 Å². The van der Waals surface area contributed by atoms with Gasteiger partial charge in [-0.05, 0) is 51.9 Å². The van der Waals surface area contributed by atoms with Gasteiger partial charge in [-0.3, -0.25) is 4.68 Å². The van der Waals surface area contributed by atoms with Crippen LogP contribution in [-0.2, 0) is 6.54 Å². The van der Waals surface area contributed by atoms with Crippen LogP contribution in [0.15, 0.2) is 54.9 Å². The Labute approximate surface area is 140 Å². The van der Waals surface area contributed by atoms with Crippen molar-refractivity contribution in [2.45, 2.75) is 6.54 Å². The van der Waals surface area contributed by atoms with Gasteiger partial charge >= 0.3 is 0 Å². The third-order valence-electron chi connectivity index (χ3n) is 3.15. The zero-order chi connectivity index (χ0) is 14.8. The van der Waals surface area contributed by atoms with Gasteiger partial charge in [-0.2, -0.15) is 5.10 Å². The van der Waals surface area contributed by atoms with Crippen molar-refractivity contribution >= 4 is 34.2 Å². The molecule has 3 aromatic rings. The van der Waals surface area contributed by atoms with Crippen molar-refractivity contribution in [1.29, 1.82) is 0 Å². The third-order valence-corrected chi connectivity index (χ3v) is 4.39.